The molecular formula is C12H14N4O4. The quantitative estimate of drug-likeness (QED) is 0.778. The Bertz CT molecular complexity index is 606. The monoisotopic (exact) mass is 278 g/mol. The van der Waals surface area contributed by atoms with Crippen LogP contribution in [-0.4, -0.2) is 33.3 Å². The maximum absolute atomic E-state index is 11.9. The Morgan fingerprint density at radius 2 is 2.50 bits per heavy atom. The average Bonchev–Trinajstić information content (AvgIpc) is 2.81. The van der Waals surface area contributed by atoms with Crippen LogP contribution in [0, 0.1) is 17.2 Å². The van der Waals surface area contributed by atoms with Crippen molar-refractivity contribution in [3.63, 3.8) is 0 Å². The first kappa shape index (κ1) is 14.2. The molecule has 1 fully saturated rings. The van der Waals surface area contributed by atoms with E-state index in [1.165, 1.54) is 23.8 Å². The minimum absolute atomic E-state index is 0.143. The van der Waals surface area contributed by atoms with E-state index in [4.69, 9.17) is 15.1 Å². The lowest BCUT2D eigenvalue weighted by Gasteiger charge is -2.16. The van der Waals surface area contributed by atoms with Crippen LogP contribution < -0.4 is 11.0 Å². The van der Waals surface area contributed by atoms with E-state index in [-0.39, 0.29) is 18.3 Å². The van der Waals surface area contributed by atoms with Gasteiger partial charge in [0, 0.05) is 13.1 Å². The average molecular weight is 278 g/mol. The van der Waals surface area contributed by atoms with Crippen molar-refractivity contribution in [3.05, 3.63) is 22.7 Å². The van der Waals surface area contributed by atoms with Crippen LogP contribution in [0.3, 0.4) is 0 Å². The highest BCUT2D eigenvalue weighted by molar-refractivity contribution is 5.87. The lowest BCUT2D eigenvalue weighted by Crippen LogP contribution is -2.30. The Kier molecular flexibility index (Phi) is 4.12. The highest BCUT2D eigenvalue weighted by Crippen LogP contribution is 2.32. The minimum atomic E-state index is -0.775. The number of anilines is 1. The lowest BCUT2D eigenvalue weighted by atomic mass is 10.1. The van der Waals surface area contributed by atoms with Gasteiger partial charge in [-0.05, 0) is 12.5 Å². The summed E-state index contributed by atoms with van der Waals surface area (Å²) in [6.45, 7) is 1.10. The fourth-order valence-corrected chi connectivity index (χ4v) is 2.10. The molecule has 3 atom stereocenters. The zero-order chi connectivity index (χ0) is 14.7. The summed E-state index contributed by atoms with van der Waals surface area (Å²) in [6.07, 6.45) is 0.530. The summed E-state index contributed by atoms with van der Waals surface area (Å²) in [5.74, 6) is -0.718. The summed E-state index contributed by atoms with van der Waals surface area (Å²) < 4.78 is 6.65. The third kappa shape index (κ3) is 2.84. The van der Waals surface area contributed by atoms with Gasteiger partial charge in [-0.2, -0.15) is 10.2 Å². The maximum Gasteiger partial charge on any atom is 0.351 e. The molecule has 20 heavy (non-hydrogen) atoms. The lowest BCUT2D eigenvalue weighted by molar-refractivity contribution is -0.114. The Hall–Kier alpha value is -2.24. The van der Waals surface area contributed by atoms with Crippen LogP contribution in [0.15, 0.2) is 17.1 Å². The van der Waals surface area contributed by atoms with Crippen molar-refractivity contribution >= 4 is 11.7 Å². The molecule has 0 saturated carbocycles. The summed E-state index contributed by atoms with van der Waals surface area (Å²) in [6, 6.07) is 3.51. The van der Waals surface area contributed by atoms with Crippen molar-refractivity contribution in [2.75, 3.05) is 11.9 Å². The standard InChI is InChI=1S/C12H14N4O4/c1-7(18)14-10-2-3-16(12(19)15-10)11-8(5-13)4-9(6-17)20-11/h2-3,8-9,11,17H,4,6H2,1H3,(H,14,15,18,19)/t8-,9+,11-/m1/s1. The number of hydrogen-bond acceptors (Lipinski definition) is 6. The molecule has 0 spiro atoms. The molecule has 1 saturated heterocycles. The van der Waals surface area contributed by atoms with Crippen LogP contribution in [0.5, 0.6) is 0 Å². The molecule has 0 aliphatic carbocycles. The third-order valence-electron chi connectivity index (χ3n) is 2.97. The first-order valence-electron chi connectivity index (χ1n) is 6.08. The number of nitriles is 1. The molecule has 2 rings (SSSR count). The van der Waals surface area contributed by atoms with E-state index in [1.807, 2.05) is 0 Å². The number of aromatic nitrogens is 2. The molecule has 106 valence electrons. The predicted molar refractivity (Wildman–Crippen MR) is 67.5 cm³/mol. The molecule has 8 heteroatoms. The predicted octanol–water partition coefficient (Wildman–Crippen LogP) is -0.379. The molecule has 1 aliphatic heterocycles. The molecule has 1 aromatic rings. The van der Waals surface area contributed by atoms with Crippen LogP contribution in [0.2, 0.25) is 0 Å². The van der Waals surface area contributed by atoms with Gasteiger partial charge in [0.25, 0.3) is 0 Å². The summed E-state index contributed by atoms with van der Waals surface area (Å²) >= 11 is 0. The number of nitrogens with one attached hydrogen (secondary N) is 1. The molecule has 2 heterocycles. The molecule has 8 nitrogen and oxygen atoms in total. The molecule has 0 aromatic carbocycles. The molecule has 1 aromatic heterocycles. The normalized spacial score (nSPS) is 25.1. The van der Waals surface area contributed by atoms with E-state index in [2.05, 4.69) is 16.4 Å². The number of carbonyl (C=O) groups excluding carboxylic acids is 1. The zero-order valence-electron chi connectivity index (χ0n) is 10.8. The SMILES string of the molecule is CC(=O)Nc1ccn([C@@H]2O[C@H](CO)C[C@@H]2C#N)c(=O)n1. The number of aliphatic hydroxyl groups is 1. The van der Waals surface area contributed by atoms with Gasteiger partial charge in [-0.3, -0.25) is 9.36 Å². The van der Waals surface area contributed by atoms with Crippen LogP contribution in [0.4, 0.5) is 5.82 Å². The topological polar surface area (TPSA) is 117 Å². The number of ether oxygens (including phenoxy) is 1. The highest BCUT2D eigenvalue weighted by atomic mass is 16.5. The fraction of sp³-hybridized carbons (Fsp3) is 0.500. The number of nitrogens with zero attached hydrogens (tertiary/aromatic N) is 3. The molecule has 2 N–H and O–H groups in total. The van der Waals surface area contributed by atoms with Gasteiger partial charge in [-0.15, -0.1) is 0 Å². The number of hydrogen-bond donors (Lipinski definition) is 2. The summed E-state index contributed by atoms with van der Waals surface area (Å²) in [5.41, 5.74) is -0.625. The first-order chi connectivity index (χ1) is 9.55. The van der Waals surface area contributed by atoms with Crippen molar-refractivity contribution in [1.29, 1.82) is 5.26 Å². The largest absolute Gasteiger partial charge is 0.394 e. The van der Waals surface area contributed by atoms with Gasteiger partial charge >= 0.3 is 5.69 Å². The smallest absolute Gasteiger partial charge is 0.351 e. The second-order valence-corrected chi connectivity index (χ2v) is 4.49. The van der Waals surface area contributed by atoms with Gasteiger partial charge in [0.2, 0.25) is 5.91 Å². The van der Waals surface area contributed by atoms with Gasteiger partial charge in [-0.25, -0.2) is 4.79 Å². The maximum atomic E-state index is 11.9. The molecule has 0 radical (unpaired) electrons. The van der Waals surface area contributed by atoms with E-state index < -0.39 is 23.9 Å². The van der Waals surface area contributed by atoms with Gasteiger partial charge in [0.05, 0.1) is 24.7 Å². The van der Waals surface area contributed by atoms with Crippen LogP contribution in [0.1, 0.15) is 19.6 Å². The summed E-state index contributed by atoms with van der Waals surface area (Å²) in [4.78, 5) is 26.5. The molecular weight excluding hydrogens is 264 g/mol. The van der Waals surface area contributed by atoms with Gasteiger partial charge < -0.3 is 15.2 Å². The zero-order valence-corrected chi connectivity index (χ0v) is 10.8. The van der Waals surface area contributed by atoms with Gasteiger partial charge in [0.15, 0.2) is 6.23 Å². The summed E-state index contributed by atoms with van der Waals surface area (Å²) in [5, 5.41) is 20.5. The van der Waals surface area contributed by atoms with Gasteiger partial charge in [-0.1, -0.05) is 0 Å². The minimum Gasteiger partial charge on any atom is -0.394 e. The van der Waals surface area contributed by atoms with E-state index >= 15 is 0 Å². The number of aliphatic hydroxyl groups excluding tert-OH is 1. The molecule has 1 amide bonds. The summed E-state index contributed by atoms with van der Waals surface area (Å²) in [7, 11) is 0. The Morgan fingerprint density at radius 3 is 3.05 bits per heavy atom. The fourth-order valence-electron chi connectivity index (χ4n) is 2.10. The third-order valence-corrected chi connectivity index (χ3v) is 2.97. The van der Waals surface area contributed by atoms with E-state index in [9.17, 15) is 9.59 Å². The highest BCUT2D eigenvalue weighted by Gasteiger charge is 2.36. The van der Waals surface area contributed by atoms with Crippen LogP contribution >= 0.6 is 0 Å². The van der Waals surface area contributed by atoms with Crippen molar-refractivity contribution in [3.8, 4) is 6.07 Å². The van der Waals surface area contributed by atoms with E-state index in [0.717, 1.165) is 0 Å². The van der Waals surface area contributed by atoms with Gasteiger partial charge in [0.1, 0.15) is 5.82 Å². The van der Waals surface area contributed by atoms with Crippen LogP contribution in [0.25, 0.3) is 0 Å². The number of carbonyl (C=O) groups is 1. The Balaban J connectivity index is 2.27. The Labute approximate surface area is 114 Å². The molecule has 0 unspecified atom stereocenters. The van der Waals surface area contributed by atoms with Crippen molar-refractivity contribution in [2.45, 2.75) is 25.7 Å². The number of amides is 1. The van der Waals surface area contributed by atoms with Crippen molar-refractivity contribution in [1.82, 2.24) is 9.55 Å². The van der Waals surface area contributed by atoms with Crippen molar-refractivity contribution in [2.24, 2.45) is 5.92 Å². The second-order valence-electron chi connectivity index (χ2n) is 4.49. The van der Waals surface area contributed by atoms with E-state index in [0.29, 0.717) is 6.42 Å². The second kappa shape index (κ2) is 5.81. The number of rotatable bonds is 3. The first-order valence-corrected chi connectivity index (χ1v) is 6.08. The van der Waals surface area contributed by atoms with Crippen molar-refractivity contribution < 1.29 is 14.6 Å². The Morgan fingerprint density at radius 1 is 1.75 bits per heavy atom. The van der Waals surface area contributed by atoms with Crippen LogP contribution in [-0.2, 0) is 9.53 Å². The van der Waals surface area contributed by atoms with E-state index in [1.54, 1.807) is 0 Å². The molecule has 1 aliphatic rings. The molecule has 0 bridgehead atoms.